The van der Waals surface area contributed by atoms with Gasteiger partial charge in [-0.2, -0.15) is 0 Å². The third-order valence-corrected chi connectivity index (χ3v) is 12.4. The van der Waals surface area contributed by atoms with Crippen LogP contribution in [0.4, 0.5) is 0 Å². The molecule has 2 saturated heterocycles. The van der Waals surface area contributed by atoms with E-state index in [9.17, 15) is 9.59 Å². The highest BCUT2D eigenvalue weighted by molar-refractivity contribution is 5.83. The zero-order chi connectivity index (χ0) is 35.0. The predicted octanol–water partition coefficient (Wildman–Crippen LogP) is 6.71. The Hall–Kier alpha value is -3.10. The summed E-state index contributed by atoms with van der Waals surface area (Å²) in [6.45, 7) is 11.0. The van der Waals surface area contributed by atoms with Crippen molar-refractivity contribution in [1.82, 2.24) is 9.80 Å². The summed E-state index contributed by atoms with van der Waals surface area (Å²) in [5.74, 6) is 4.60. The zero-order valence-corrected chi connectivity index (χ0v) is 31.0. The van der Waals surface area contributed by atoms with Gasteiger partial charge in [-0.1, -0.05) is 39.8 Å². The van der Waals surface area contributed by atoms with Crippen LogP contribution in [-0.2, 0) is 20.4 Å². The smallest absolute Gasteiger partial charge is 0.161 e. The van der Waals surface area contributed by atoms with Crippen LogP contribution in [0.1, 0.15) is 83.8 Å². The van der Waals surface area contributed by atoms with Gasteiger partial charge in [0, 0.05) is 48.1 Å². The minimum atomic E-state index is -0.0721. The summed E-state index contributed by atoms with van der Waals surface area (Å²) >= 11 is 0. The second-order valence-electron chi connectivity index (χ2n) is 15.8. The van der Waals surface area contributed by atoms with Crippen molar-refractivity contribution in [3.05, 3.63) is 47.5 Å². The molecule has 2 aromatic rings. The van der Waals surface area contributed by atoms with Crippen LogP contribution in [0.2, 0.25) is 0 Å². The molecule has 2 saturated carbocycles. The second-order valence-corrected chi connectivity index (χ2v) is 15.8. The Balaban J connectivity index is 0.000000188. The summed E-state index contributed by atoms with van der Waals surface area (Å²) < 4.78 is 21.9. The van der Waals surface area contributed by atoms with Crippen LogP contribution < -0.4 is 18.9 Å². The Labute approximate surface area is 288 Å². The highest BCUT2D eigenvalue weighted by Crippen LogP contribution is 2.58. The third kappa shape index (κ3) is 6.24. The molecule has 4 aliphatic rings. The molecule has 2 aromatic carbocycles. The minimum absolute atomic E-state index is 0.0186. The van der Waals surface area contributed by atoms with Gasteiger partial charge in [0.25, 0.3) is 0 Å². The first-order chi connectivity index (χ1) is 22.8. The van der Waals surface area contributed by atoms with Gasteiger partial charge in [0.1, 0.15) is 11.6 Å². The van der Waals surface area contributed by atoms with Crippen molar-refractivity contribution in [3.8, 4) is 23.0 Å². The van der Waals surface area contributed by atoms with Gasteiger partial charge >= 0.3 is 0 Å². The zero-order valence-electron chi connectivity index (χ0n) is 31.0. The molecule has 48 heavy (non-hydrogen) atoms. The van der Waals surface area contributed by atoms with Crippen LogP contribution >= 0.6 is 0 Å². The number of rotatable bonds is 8. The molecule has 264 valence electrons. The van der Waals surface area contributed by atoms with E-state index < -0.39 is 0 Å². The lowest BCUT2D eigenvalue weighted by Gasteiger charge is -2.52. The predicted molar refractivity (Wildman–Crippen MR) is 190 cm³/mol. The van der Waals surface area contributed by atoms with Crippen molar-refractivity contribution in [3.63, 3.8) is 0 Å². The Morgan fingerprint density at radius 2 is 1.29 bits per heavy atom. The number of carbonyl (C=O) groups excluding carboxylic acids is 2. The van der Waals surface area contributed by atoms with Crippen LogP contribution in [0.3, 0.4) is 0 Å². The number of fused-ring (bicyclic) bond motifs is 2. The third-order valence-electron chi connectivity index (χ3n) is 12.4. The molecule has 4 fully saturated rings. The molecular weight excluding hydrogens is 604 g/mol. The number of likely N-dealkylation sites (tertiary alicyclic amines) is 2. The van der Waals surface area contributed by atoms with Gasteiger partial charge in [-0.05, 0) is 99.6 Å². The van der Waals surface area contributed by atoms with Gasteiger partial charge < -0.3 is 28.7 Å². The molecule has 0 N–H and O–H groups in total. The molecule has 0 aromatic heterocycles. The van der Waals surface area contributed by atoms with Gasteiger partial charge in [-0.15, -0.1) is 0 Å². The van der Waals surface area contributed by atoms with Crippen molar-refractivity contribution in [2.24, 2.45) is 17.3 Å². The fourth-order valence-corrected chi connectivity index (χ4v) is 9.96. The quantitative estimate of drug-likeness (QED) is 0.309. The van der Waals surface area contributed by atoms with E-state index in [1.165, 1.54) is 11.1 Å². The summed E-state index contributed by atoms with van der Waals surface area (Å²) in [7, 11) is 11.0. The molecule has 0 radical (unpaired) electrons. The number of hydrogen-bond acceptors (Lipinski definition) is 8. The van der Waals surface area contributed by atoms with Crippen LogP contribution in [0.25, 0.3) is 0 Å². The maximum absolute atomic E-state index is 12.7. The number of ether oxygens (including phenoxy) is 4. The molecule has 2 heterocycles. The lowest BCUT2D eigenvalue weighted by Crippen LogP contribution is -2.56. The first kappa shape index (κ1) is 36.2. The van der Waals surface area contributed by atoms with E-state index in [0.29, 0.717) is 42.8 Å². The van der Waals surface area contributed by atoms with E-state index in [4.69, 9.17) is 18.9 Å². The highest BCUT2D eigenvalue weighted by atomic mass is 16.5. The van der Waals surface area contributed by atoms with Gasteiger partial charge in [-0.3, -0.25) is 9.59 Å². The normalized spacial score (nSPS) is 29.9. The maximum atomic E-state index is 12.7. The number of ketones is 2. The van der Waals surface area contributed by atoms with Crippen LogP contribution in [-0.4, -0.2) is 89.1 Å². The van der Waals surface area contributed by atoms with Crippen molar-refractivity contribution in [2.75, 3.05) is 55.6 Å². The largest absolute Gasteiger partial charge is 0.493 e. The molecule has 5 unspecified atom stereocenters. The summed E-state index contributed by atoms with van der Waals surface area (Å²) in [6.07, 6.45) is 6.08. The van der Waals surface area contributed by atoms with Crippen LogP contribution in [0.5, 0.6) is 23.0 Å². The first-order valence-electron chi connectivity index (χ1n) is 17.7. The summed E-state index contributed by atoms with van der Waals surface area (Å²) in [4.78, 5) is 29.8. The molecular formula is C40H58N2O6. The fraction of sp³-hybridized carbons (Fsp3) is 0.650. The average molecular weight is 663 g/mol. The van der Waals surface area contributed by atoms with Crippen molar-refractivity contribution in [2.45, 2.75) is 95.6 Å². The number of nitrogens with zero attached hydrogens (tertiary/aromatic N) is 2. The SMILES string of the molecule is COc1ccc(C23CCN(C)C2CC(=O)C(CC(C)C)C3)cc1OC.COc1ccc(C23CCN(C)C2CC(=O)CC3(C)C)cc1OC. The standard InChI is InChI=1S/C21H31NO3.C19H27NO3/c1-14(2)10-15-13-21(8-9-22(3)20(21)12-17(15)23)16-6-7-18(24-4)19(11-16)25-5;1-18(2)12-14(21)11-17-19(18,8-9-20(17)3)13-6-7-15(22-4)16(10-13)23-5/h6-7,11,14-15,20H,8-10,12-13H2,1-5H3;6-7,10,17H,8-9,11-12H2,1-5H3. The lowest BCUT2D eigenvalue weighted by atomic mass is 9.52. The van der Waals surface area contributed by atoms with E-state index in [1.807, 2.05) is 12.1 Å². The molecule has 0 amide bonds. The minimum Gasteiger partial charge on any atom is -0.493 e. The van der Waals surface area contributed by atoms with E-state index >= 15 is 0 Å². The molecule has 0 bridgehead atoms. The average Bonchev–Trinajstić information content (AvgIpc) is 3.57. The van der Waals surface area contributed by atoms with E-state index in [0.717, 1.165) is 61.8 Å². The van der Waals surface area contributed by atoms with E-state index in [1.54, 1.807) is 28.4 Å². The van der Waals surface area contributed by atoms with E-state index in [2.05, 4.69) is 75.9 Å². The maximum Gasteiger partial charge on any atom is 0.161 e. The van der Waals surface area contributed by atoms with Gasteiger partial charge in [0.15, 0.2) is 23.0 Å². The molecule has 2 aliphatic heterocycles. The Morgan fingerprint density at radius 1 is 0.750 bits per heavy atom. The lowest BCUT2D eigenvalue weighted by molar-refractivity contribution is -0.129. The number of Topliss-reactive ketones (excluding diaryl/α,β-unsaturated/α-hetero) is 2. The summed E-state index contributed by atoms with van der Waals surface area (Å²) in [6, 6.07) is 13.1. The van der Waals surface area contributed by atoms with Crippen molar-refractivity contribution < 1.29 is 28.5 Å². The summed E-state index contributed by atoms with van der Waals surface area (Å²) in [5.41, 5.74) is 2.51. The second kappa shape index (κ2) is 14.0. The Kier molecular flexibility index (Phi) is 10.6. The topological polar surface area (TPSA) is 77.5 Å². The van der Waals surface area contributed by atoms with Crippen molar-refractivity contribution >= 4 is 11.6 Å². The van der Waals surface area contributed by atoms with Gasteiger partial charge in [0.2, 0.25) is 0 Å². The fourth-order valence-electron chi connectivity index (χ4n) is 9.96. The van der Waals surface area contributed by atoms with Crippen LogP contribution in [0, 0.1) is 17.3 Å². The van der Waals surface area contributed by atoms with Gasteiger partial charge in [0.05, 0.1) is 28.4 Å². The summed E-state index contributed by atoms with van der Waals surface area (Å²) in [5, 5.41) is 0. The molecule has 8 heteroatoms. The number of hydrogen-bond donors (Lipinski definition) is 0. The molecule has 8 nitrogen and oxygen atoms in total. The number of likely N-dealkylation sites (N-methyl/N-ethyl adjacent to an activating group) is 2. The number of carbonyl (C=O) groups is 2. The Morgan fingerprint density at radius 3 is 1.88 bits per heavy atom. The highest BCUT2D eigenvalue weighted by Gasteiger charge is 2.59. The first-order valence-corrected chi connectivity index (χ1v) is 17.7. The number of benzene rings is 2. The number of methoxy groups -OCH3 is 4. The molecule has 0 spiro atoms. The van der Waals surface area contributed by atoms with Crippen LogP contribution in [0.15, 0.2) is 36.4 Å². The monoisotopic (exact) mass is 662 g/mol. The molecule has 6 rings (SSSR count). The van der Waals surface area contributed by atoms with E-state index in [-0.39, 0.29) is 28.2 Å². The Bertz CT molecular complexity index is 1490. The van der Waals surface area contributed by atoms with Crippen molar-refractivity contribution in [1.29, 1.82) is 0 Å². The molecule has 2 aliphatic carbocycles. The van der Waals surface area contributed by atoms with Gasteiger partial charge in [-0.25, -0.2) is 0 Å². The molecule has 5 atom stereocenters.